The number of anilines is 2. The van der Waals surface area contributed by atoms with Crippen LogP contribution < -0.4 is 14.9 Å². The van der Waals surface area contributed by atoms with E-state index in [4.69, 9.17) is 0 Å². The van der Waals surface area contributed by atoms with Gasteiger partial charge in [-0.05, 0) is 48.4 Å². The summed E-state index contributed by atoms with van der Waals surface area (Å²) >= 11 is 1.17. The Morgan fingerprint density at radius 3 is 2.52 bits per heavy atom. The average Bonchev–Trinajstić information content (AvgIpc) is 3.35. The quantitative estimate of drug-likeness (QED) is 0.553. The zero-order valence-corrected chi connectivity index (χ0v) is 17.7. The molecule has 0 saturated carbocycles. The topological polar surface area (TPSA) is 91.4 Å². The van der Waals surface area contributed by atoms with Gasteiger partial charge in [-0.3, -0.25) is 9.52 Å². The minimum absolute atomic E-state index is 0. The van der Waals surface area contributed by atoms with Crippen LogP contribution in [0.1, 0.15) is 14.8 Å². The fourth-order valence-electron chi connectivity index (χ4n) is 3.33. The number of amides is 1. The Morgan fingerprint density at radius 2 is 1.87 bits per heavy atom. The van der Waals surface area contributed by atoms with E-state index in [2.05, 4.69) is 15.0 Å². The highest BCUT2D eigenvalue weighted by atomic mass is 32.2. The molecule has 1 aromatic heterocycles. The summed E-state index contributed by atoms with van der Waals surface area (Å²) in [5.41, 5.74) is 0.977. The zero-order valence-electron chi connectivity index (χ0n) is 16.1. The number of rotatable bonds is 7. The van der Waals surface area contributed by atoms with Gasteiger partial charge in [-0.15, -0.1) is 11.3 Å². The van der Waals surface area contributed by atoms with Gasteiger partial charge in [-0.1, -0.05) is 0 Å². The van der Waals surface area contributed by atoms with Crippen molar-refractivity contribution < 1.29 is 24.8 Å². The number of carbonyl (C=O) groups is 1. The summed E-state index contributed by atoms with van der Waals surface area (Å²) in [6.45, 7) is 0.593. The highest BCUT2D eigenvalue weighted by molar-refractivity contribution is 7.93. The van der Waals surface area contributed by atoms with E-state index in [-0.39, 0.29) is 25.3 Å². The zero-order chi connectivity index (χ0) is 22.0. The molecule has 0 bridgehead atoms. The van der Waals surface area contributed by atoms with E-state index in [1.165, 1.54) is 41.8 Å². The highest BCUT2D eigenvalue weighted by Crippen LogP contribution is 2.25. The molecular weight excluding hydrogens is 446 g/mol. The number of aromatic nitrogens is 1. The van der Waals surface area contributed by atoms with Crippen LogP contribution in [-0.4, -0.2) is 31.9 Å². The molecule has 11 heteroatoms. The van der Waals surface area contributed by atoms with Crippen molar-refractivity contribution in [1.29, 1.82) is 0 Å². The number of hydrogen-bond acceptors (Lipinski definition) is 6. The fraction of sp³-hybridized carbons (Fsp3) is 0.200. The van der Waals surface area contributed by atoms with Gasteiger partial charge in [0, 0.05) is 39.3 Å². The summed E-state index contributed by atoms with van der Waals surface area (Å²) in [5, 5.41) is 4.96. The number of halogens is 2. The van der Waals surface area contributed by atoms with Gasteiger partial charge in [0.1, 0.15) is 11.6 Å². The van der Waals surface area contributed by atoms with Crippen LogP contribution in [0.2, 0.25) is 0 Å². The molecular formula is C20H22F2N4O3S2. The monoisotopic (exact) mass is 468 g/mol. The van der Waals surface area contributed by atoms with Gasteiger partial charge in [-0.25, -0.2) is 22.2 Å². The molecule has 1 aliphatic rings. The number of sulfonamides is 1. The number of carbonyl (C=O) groups excluding carboxylic acids is 1. The molecule has 2 heterocycles. The van der Waals surface area contributed by atoms with Crippen molar-refractivity contribution in [3.8, 4) is 0 Å². The van der Waals surface area contributed by atoms with Gasteiger partial charge in [0.15, 0.2) is 5.13 Å². The minimum atomic E-state index is -3.77. The normalized spacial score (nSPS) is 16.6. The van der Waals surface area contributed by atoms with E-state index < -0.39 is 27.7 Å². The van der Waals surface area contributed by atoms with Crippen LogP contribution in [-0.2, 0) is 21.4 Å². The molecule has 0 radical (unpaired) electrons. The van der Waals surface area contributed by atoms with Gasteiger partial charge in [-0.2, -0.15) is 0 Å². The van der Waals surface area contributed by atoms with E-state index in [0.717, 1.165) is 6.07 Å². The molecule has 0 aliphatic carbocycles. The third-order valence-corrected chi connectivity index (χ3v) is 6.97. The van der Waals surface area contributed by atoms with Crippen molar-refractivity contribution in [2.45, 2.75) is 23.9 Å². The molecule has 3 aromatic rings. The molecule has 0 spiro atoms. The lowest BCUT2D eigenvalue weighted by Gasteiger charge is -2.18. The van der Waals surface area contributed by atoms with Crippen LogP contribution in [0, 0.1) is 11.6 Å². The maximum absolute atomic E-state index is 13.3. The molecule has 1 aliphatic heterocycles. The standard InChI is InChI=1S/C20H18F2N4O3S2.2H2/c21-14-9-13(10-15(22)11-14)12-24-18-5-7-26(19(18)27)16-1-3-17(4-2-16)31(28,29)25-20-23-6-8-30-20;;/h1-4,6,8-11,18,24H,5,7,12H2,(H,23,25);2*1H. The third kappa shape index (κ3) is 4.89. The molecule has 1 atom stereocenters. The average molecular weight is 469 g/mol. The molecule has 166 valence electrons. The van der Waals surface area contributed by atoms with E-state index in [1.807, 2.05) is 0 Å². The highest BCUT2D eigenvalue weighted by Gasteiger charge is 2.32. The van der Waals surface area contributed by atoms with Crippen molar-refractivity contribution in [3.63, 3.8) is 0 Å². The van der Waals surface area contributed by atoms with Gasteiger partial charge < -0.3 is 10.2 Å². The van der Waals surface area contributed by atoms with E-state index >= 15 is 0 Å². The second-order valence-electron chi connectivity index (χ2n) is 6.93. The molecule has 31 heavy (non-hydrogen) atoms. The van der Waals surface area contributed by atoms with Crippen molar-refractivity contribution in [1.82, 2.24) is 10.3 Å². The Balaban J connectivity index is 0.00000193. The summed E-state index contributed by atoms with van der Waals surface area (Å²) in [4.78, 5) is 18.2. The maximum atomic E-state index is 13.3. The Kier molecular flexibility index (Phi) is 5.99. The van der Waals surface area contributed by atoms with Gasteiger partial charge in [0.25, 0.3) is 10.0 Å². The number of benzene rings is 2. The molecule has 2 aromatic carbocycles. The first-order valence-corrected chi connectivity index (χ1v) is 11.7. The summed E-state index contributed by atoms with van der Waals surface area (Å²) in [5.74, 6) is -1.53. The number of nitrogens with zero attached hydrogens (tertiary/aromatic N) is 2. The van der Waals surface area contributed by atoms with Crippen LogP contribution >= 0.6 is 11.3 Å². The van der Waals surface area contributed by atoms with Crippen LogP contribution in [0.4, 0.5) is 19.6 Å². The Labute approximate surface area is 184 Å². The summed E-state index contributed by atoms with van der Waals surface area (Å²) in [7, 11) is -3.77. The van der Waals surface area contributed by atoms with Crippen molar-refractivity contribution >= 4 is 38.1 Å². The molecule has 1 fully saturated rings. The molecule has 1 amide bonds. The summed E-state index contributed by atoms with van der Waals surface area (Å²) in [6.07, 6.45) is 2.02. The Hall–Kier alpha value is -2.89. The van der Waals surface area contributed by atoms with Crippen molar-refractivity contribution in [3.05, 3.63) is 71.2 Å². The van der Waals surface area contributed by atoms with Gasteiger partial charge >= 0.3 is 0 Å². The molecule has 1 unspecified atom stereocenters. The Morgan fingerprint density at radius 1 is 1.16 bits per heavy atom. The fourth-order valence-corrected chi connectivity index (χ4v) is 5.12. The first-order valence-electron chi connectivity index (χ1n) is 9.34. The van der Waals surface area contributed by atoms with Crippen LogP contribution in [0.3, 0.4) is 0 Å². The molecule has 4 rings (SSSR count). The van der Waals surface area contributed by atoms with Crippen molar-refractivity contribution in [2.75, 3.05) is 16.2 Å². The summed E-state index contributed by atoms with van der Waals surface area (Å²) in [6, 6.07) is 8.71. The molecule has 2 N–H and O–H groups in total. The third-order valence-electron chi connectivity index (χ3n) is 4.79. The first-order chi connectivity index (χ1) is 14.8. The predicted molar refractivity (Wildman–Crippen MR) is 118 cm³/mol. The van der Waals surface area contributed by atoms with Crippen LogP contribution in [0.15, 0.2) is 58.9 Å². The van der Waals surface area contributed by atoms with E-state index in [0.29, 0.717) is 24.2 Å². The van der Waals surface area contributed by atoms with Crippen molar-refractivity contribution in [2.24, 2.45) is 0 Å². The first kappa shape index (κ1) is 21.3. The number of thiazole rings is 1. The summed E-state index contributed by atoms with van der Waals surface area (Å²) < 4.78 is 53.9. The predicted octanol–water partition coefficient (Wildman–Crippen LogP) is 3.61. The van der Waals surface area contributed by atoms with Gasteiger partial charge in [0.05, 0.1) is 10.9 Å². The number of hydrogen-bond donors (Lipinski definition) is 2. The minimum Gasteiger partial charge on any atom is -0.311 e. The SMILES string of the molecule is O=C1C(NCc2cc(F)cc(F)c2)CCN1c1ccc(S(=O)(=O)Nc2nccs2)cc1.[HH].[HH]. The van der Waals surface area contributed by atoms with Crippen LogP contribution in [0.25, 0.3) is 0 Å². The number of nitrogens with one attached hydrogen (secondary N) is 2. The lowest BCUT2D eigenvalue weighted by molar-refractivity contribution is -0.118. The second-order valence-corrected chi connectivity index (χ2v) is 9.50. The maximum Gasteiger partial charge on any atom is 0.263 e. The van der Waals surface area contributed by atoms with Crippen LogP contribution in [0.5, 0.6) is 0 Å². The lowest BCUT2D eigenvalue weighted by atomic mass is 10.2. The molecule has 1 saturated heterocycles. The lowest BCUT2D eigenvalue weighted by Crippen LogP contribution is -2.38. The largest absolute Gasteiger partial charge is 0.311 e. The smallest absolute Gasteiger partial charge is 0.263 e. The van der Waals surface area contributed by atoms with E-state index in [9.17, 15) is 22.0 Å². The molecule has 7 nitrogen and oxygen atoms in total. The van der Waals surface area contributed by atoms with Gasteiger partial charge in [0.2, 0.25) is 5.91 Å². The van der Waals surface area contributed by atoms with E-state index in [1.54, 1.807) is 22.4 Å². The Bertz CT molecular complexity index is 1180. The second kappa shape index (κ2) is 8.69.